The first-order chi connectivity index (χ1) is 8.91. The number of amides is 1. The van der Waals surface area contributed by atoms with E-state index in [2.05, 4.69) is 10.4 Å². The number of carbonyl (C=O) groups excluding carboxylic acids is 1. The van der Waals surface area contributed by atoms with E-state index in [0.717, 1.165) is 0 Å². The van der Waals surface area contributed by atoms with Gasteiger partial charge in [-0.25, -0.2) is 4.39 Å². The summed E-state index contributed by atoms with van der Waals surface area (Å²) in [6.45, 7) is 1.71. The number of rotatable bonds is 2. The Morgan fingerprint density at radius 2 is 2.21 bits per heavy atom. The molecule has 0 bridgehead atoms. The van der Waals surface area contributed by atoms with Gasteiger partial charge < -0.3 is 11.1 Å². The highest BCUT2D eigenvalue weighted by Crippen LogP contribution is 2.23. The minimum Gasteiger partial charge on any atom is -0.394 e. The predicted octanol–water partition coefficient (Wildman–Crippen LogP) is 2.36. The average Bonchev–Trinajstić information content (AvgIpc) is 2.59. The van der Waals surface area contributed by atoms with Gasteiger partial charge in [0, 0.05) is 7.05 Å². The fourth-order valence-electron chi connectivity index (χ4n) is 1.68. The molecule has 1 aromatic heterocycles. The lowest BCUT2D eigenvalue weighted by molar-refractivity contribution is 0.102. The van der Waals surface area contributed by atoms with Gasteiger partial charge in [-0.05, 0) is 19.1 Å². The van der Waals surface area contributed by atoms with Crippen LogP contribution in [0.25, 0.3) is 0 Å². The van der Waals surface area contributed by atoms with Crippen molar-refractivity contribution in [1.29, 1.82) is 0 Å². The highest BCUT2D eigenvalue weighted by molar-refractivity contribution is 6.31. The molecule has 19 heavy (non-hydrogen) atoms. The van der Waals surface area contributed by atoms with Gasteiger partial charge in [0.2, 0.25) is 0 Å². The van der Waals surface area contributed by atoms with Crippen LogP contribution in [0, 0.1) is 12.7 Å². The van der Waals surface area contributed by atoms with Crippen LogP contribution in [0.1, 0.15) is 16.1 Å². The Hall–Kier alpha value is -2.08. The zero-order valence-electron chi connectivity index (χ0n) is 10.4. The molecule has 3 N–H and O–H groups in total. The Bertz CT molecular complexity index is 653. The molecule has 0 aliphatic heterocycles. The van der Waals surface area contributed by atoms with Crippen LogP contribution in [0.2, 0.25) is 5.02 Å². The van der Waals surface area contributed by atoms with Crippen molar-refractivity contribution in [2.75, 3.05) is 11.1 Å². The van der Waals surface area contributed by atoms with Gasteiger partial charge in [-0.3, -0.25) is 9.48 Å². The summed E-state index contributed by atoms with van der Waals surface area (Å²) in [7, 11) is 1.63. The number of aromatic nitrogens is 2. The fourth-order valence-corrected chi connectivity index (χ4v) is 1.85. The standard InChI is InChI=1S/C12H12ClFN4O/c1-6-10(15)11(18(2)17-6)16-12(19)7-4-3-5-8(13)9(7)14/h3-5H,15H2,1-2H3,(H,16,19). The van der Waals surface area contributed by atoms with Crippen molar-refractivity contribution in [3.63, 3.8) is 0 Å². The van der Waals surface area contributed by atoms with Gasteiger partial charge in [0.15, 0.2) is 11.6 Å². The van der Waals surface area contributed by atoms with Crippen LogP contribution in [0.3, 0.4) is 0 Å². The molecule has 0 saturated heterocycles. The molecule has 0 aliphatic carbocycles. The number of halogens is 2. The molecule has 0 saturated carbocycles. The number of nitrogens with zero attached hydrogens (tertiary/aromatic N) is 2. The molecule has 0 fully saturated rings. The second-order valence-corrected chi connectivity index (χ2v) is 4.43. The number of nitrogen functional groups attached to an aromatic ring is 1. The van der Waals surface area contributed by atoms with Crippen LogP contribution in [0.4, 0.5) is 15.9 Å². The quantitative estimate of drug-likeness (QED) is 0.888. The van der Waals surface area contributed by atoms with Crippen molar-refractivity contribution in [3.05, 3.63) is 40.3 Å². The van der Waals surface area contributed by atoms with Crippen LogP contribution in [-0.4, -0.2) is 15.7 Å². The summed E-state index contributed by atoms with van der Waals surface area (Å²) >= 11 is 5.63. The Kier molecular flexibility index (Phi) is 3.44. The maximum Gasteiger partial charge on any atom is 0.259 e. The lowest BCUT2D eigenvalue weighted by Gasteiger charge is -2.07. The van der Waals surface area contributed by atoms with Gasteiger partial charge >= 0.3 is 0 Å². The normalized spacial score (nSPS) is 10.5. The van der Waals surface area contributed by atoms with Crippen molar-refractivity contribution < 1.29 is 9.18 Å². The maximum absolute atomic E-state index is 13.7. The van der Waals surface area contributed by atoms with Gasteiger partial charge in [-0.1, -0.05) is 17.7 Å². The third kappa shape index (κ3) is 2.39. The zero-order chi connectivity index (χ0) is 14.2. The Labute approximate surface area is 114 Å². The minimum atomic E-state index is -0.765. The average molecular weight is 283 g/mol. The van der Waals surface area contributed by atoms with E-state index in [4.69, 9.17) is 17.3 Å². The first kappa shape index (κ1) is 13.4. The van der Waals surface area contributed by atoms with Crippen LogP contribution in [-0.2, 0) is 7.05 Å². The molecule has 7 heteroatoms. The second kappa shape index (κ2) is 4.89. The molecule has 1 amide bonds. The number of carbonyl (C=O) groups is 1. The van der Waals surface area contributed by atoms with E-state index in [0.29, 0.717) is 17.2 Å². The summed E-state index contributed by atoms with van der Waals surface area (Å²) in [5.74, 6) is -1.07. The van der Waals surface area contributed by atoms with Crippen molar-refractivity contribution in [3.8, 4) is 0 Å². The molecule has 2 rings (SSSR count). The van der Waals surface area contributed by atoms with Gasteiger partial charge in [-0.15, -0.1) is 0 Å². The molecular weight excluding hydrogens is 271 g/mol. The lowest BCUT2D eigenvalue weighted by Crippen LogP contribution is -2.17. The van der Waals surface area contributed by atoms with E-state index in [1.54, 1.807) is 14.0 Å². The Morgan fingerprint density at radius 1 is 1.53 bits per heavy atom. The molecule has 0 spiro atoms. The molecule has 1 aromatic carbocycles. The van der Waals surface area contributed by atoms with E-state index in [9.17, 15) is 9.18 Å². The zero-order valence-corrected chi connectivity index (χ0v) is 11.1. The third-order valence-electron chi connectivity index (χ3n) is 2.70. The number of nitrogens with two attached hydrogens (primary N) is 1. The number of hydrogen-bond acceptors (Lipinski definition) is 3. The molecular formula is C12H12ClFN4O. The minimum absolute atomic E-state index is 0.109. The fraction of sp³-hybridized carbons (Fsp3) is 0.167. The smallest absolute Gasteiger partial charge is 0.259 e. The molecule has 5 nitrogen and oxygen atoms in total. The third-order valence-corrected chi connectivity index (χ3v) is 2.99. The van der Waals surface area contributed by atoms with Crippen molar-refractivity contribution in [2.24, 2.45) is 7.05 Å². The summed E-state index contributed by atoms with van der Waals surface area (Å²) in [4.78, 5) is 12.0. The number of nitrogens with one attached hydrogen (secondary N) is 1. The highest BCUT2D eigenvalue weighted by atomic mass is 35.5. The van der Waals surface area contributed by atoms with E-state index in [1.807, 2.05) is 0 Å². The summed E-state index contributed by atoms with van der Waals surface area (Å²) in [6.07, 6.45) is 0. The molecule has 2 aromatic rings. The summed E-state index contributed by atoms with van der Waals surface area (Å²) in [5.41, 5.74) is 6.57. The van der Waals surface area contributed by atoms with Crippen LogP contribution >= 0.6 is 11.6 Å². The summed E-state index contributed by atoms with van der Waals surface area (Å²) in [6, 6.07) is 4.21. The van der Waals surface area contributed by atoms with Crippen molar-refractivity contribution >= 4 is 29.0 Å². The lowest BCUT2D eigenvalue weighted by atomic mass is 10.2. The molecule has 100 valence electrons. The van der Waals surface area contributed by atoms with Crippen LogP contribution in [0.5, 0.6) is 0 Å². The monoisotopic (exact) mass is 282 g/mol. The first-order valence-electron chi connectivity index (χ1n) is 5.46. The van der Waals surface area contributed by atoms with Crippen LogP contribution in [0.15, 0.2) is 18.2 Å². The highest BCUT2D eigenvalue weighted by Gasteiger charge is 2.18. The predicted molar refractivity (Wildman–Crippen MR) is 71.7 cm³/mol. The van der Waals surface area contributed by atoms with Gasteiger partial charge in [0.25, 0.3) is 5.91 Å². The van der Waals surface area contributed by atoms with Gasteiger partial charge in [-0.2, -0.15) is 5.10 Å². The first-order valence-corrected chi connectivity index (χ1v) is 5.84. The molecule has 0 unspecified atom stereocenters. The molecule has 0 aliphatic rings. The number of benzene rings is 1. The molecule has 0 atom stereocenters. The van der Waals surface area contributed by atoms with E-state index in [-0.39, 0.29) is 10.6 Å². The molecule has 1 heterocycles. The number of aryl methyl sites for hydroxylation is 2. The topological polar surface area (TPSA) is 72.9 Å². The van der Waals surface area contributed by atoms with E-state index in [1.165, 1.54) is 22.9 Å². The van der Waals surface area contributed by atoms with E-state index < -0.39 is 11.7 Å². The van der Waals surface area contributed by atoms with Crippen LogP contribution < -0.4 is 11.1 Å². The van der Waals surface area contributed by atoms with E-state index >= 15 is 0 Å². The Morgan fingerprint density at radius 3 is 2.79 bits per heavy atom. The van der Waals surface area contributed by atoms with Crippen molar-refractivity contribution in [2.45, 2.75) is 6.92 Å². The van der Waals surface area contributed by atoms with Gasteiger partial charge in [0.1, 0.15) is 0 Å². The van der Waals surface area contributed by atoms with Crippen molar-refractivity contribution in [1.82, 2.24) is 9.78 Å². The molecule has 0 radical (unpaired) electrons. The maximum atomic E-state index is 13.7. The van der Waals surface area contributed by atoms with Gasteiger partial charge in [0.05, 0.1) is 22.0 Å². The summed E-state index contributed by atoms with van der Waals surface area (Å²) in [5, 5.41) is 6.47. The number of hydrogen-bond donors (Lipinski definition) is 2. The summed E-state index contributed by atoms with van der Waals surface area (Å²) < 4.78 is 15.1. The second-order valence-electron chi connectivity index (χ2n) is 4.03. The Balaban J connectivity index is 2.34. The SMILES string of the molecule is Cc1nn(C)c(NC(=O)c2cccc(Cl)c2F)c1N. The number of anilines is 2. The largest absolute Gasteiger partial charge is 0.394 e.